The molecule has 31 heavy (non-hydrogen) atoms. The number of aromatic nitrogens is 3. The summed E-state index contributed by atoms with van der Waals surface area (Å²) in [6, 6.07) is 3.46. The van der Waals surface area contributed by atoms with Gasteiger partial charge in [0.05, 0.1) is 22.8 Å². The first kappa shape index (κ1) is 21.4. The Labute approximate surface area is 188 Å². The highest BCUT2D eigenvalue weighted by Crippen LogP contribution is 2.32. The summed E-state index contributed by atoms with van der Waals surface area (Å²) in [6.07, 6.45) is 3.26. The fraction of sp³-hybridized carbons (Fsp3) is 0.381. The monoisotopic (exact) mass is 457 g/mol. The number of nitrogens with zero attached hydrogens (tertiary/aromatic N) is 4. The van der Waals surface area contributed by atoms with E-state index in [1.54, 1.807) is 23.7 Å². The standard InChI is InChI=1S/C21H23N5O3S2/c1-12-17(31-13(2)23-12)21(28)26-9-6-14(7-10-26)20-25-16(11-30-20)18(27)24-15-5-4-8-22-19(15)29-3/h4-5,8,11,14H,6-7,9-10H2,1-3H3,(H,24,27). The second kappa shape index (κ2) is 9.11. The molecular formula is C21H23N5O3S2. The number of likely N-dealkylation sites (tertiary alicyclic amines) is 1. The van der Waals surface area contributed by atoms with Crippen molar-refractivity contribution in [1.82, 2.24) is 19.9 Å². The normalized spacial score (nSPS) is 14.5. The average molecular weight is 458 g/mol. The van der Waals surface area contributed by atoms with E-state index < -0.39 is 0 Å². The Morgan fingerprint density at radius 3 is 2.68 bits per heavy atom. The van der Waals surface area contributed by atoms with Crippen LogP contribution in [0.5, 0.6) is 5.88 Å². The van der Waals surface area contributed by atoms with Gasteiger partial charge >= 0.3 is 0 Å². The number of ether oxygens (including phenoxy) is 1. The lowest BCUT2D eigenvalue weighted by Gasteiger charge is -2.30. The molecule has 0 bridgehead atoms. The number of aryl methyl sites for hydroxylation is 2. The Bertz CT molecular complexity index is 1100. The summed E-state index contributed by atoms with van der Waals surface area (Å²) in [5, 5.41) is 6.41. The number of piperidine rings is 1. The van der Waals surface area contributed by atoms with Gasteiger partial charge in [0.1, 0.15) is 16.3 Å². The first-order chi connectivity index (χ1) is 15.0. The summed E-state index contributed by atoms with van der Waals surface area (Å²) in [5.41, 5.74) is 1.68. The molecule has 1 saturated heterocycles. The first-order valence-electron chi connectivity index (χ1n) is 9.95. The third-order valence-corrected chi connectivity index (χ3v) is 7.26. The minimum atomic E-state index is -0.294. The number of hydrogen-bond acceptors (Lipinski definition) is 8. The second-order valence-corrected chi connectivity index (χ2v) is 9.39. The zero-order valence-corrected chi connectivity index (χ0v) is 19.2. The molecule has 1 aliphatic heterocycles. The maximum atomic E-state index is 12.8. The Morgan fingerprint density at radius 2 is 2.00 bits per heavy atom. The van der Waals surface area contributed by atoms with Gasteiger partial charge in [0.25, 0.3) is 11.8 Å². The van der Waals surface area contributed by atoms with E-state index in [-0.39, 0.29) is 17.7 Å². The zero-order valence-electron chi connectivity index (χ0n) is 17.5. The van der Waals surface area contributed by atoms with Crippen LogP contribution < -0.4 is 10.1 Å². The van der Waals surface area contributed by atoms with Crippen LogP contribution in [0.25, 0.3) is 0 Å². The summed E-state index contributed by atoms with van der Waals surface area (Å²) in [4.78, 5) is 41.1. The molecule has 162 valence electrons. The van der Waals surface area contributed by atoms with Gasteiger partial charge in [-0.25, -0.2) is 15.0 Å². The van der Waals surface area contributed by atoms with Crippen molar-refractivity contribution in [3.63, 3.8) is 0 Å². The number of nitrogens with one attached hydrogen (secondary N) is 1. The smallest absolute Gasteiger partial charge is 0.275 e. The van der Waals surface area contributed by atoms with E-state index in [2.05, 4.69) is 20.3 Å². The van der Waals surface area contributed by atoms with Crippen LogP contribution in [0.2, 0.25) is 0 Å². The minimum Gasteiger partial charge on any atom is -0.480 e. The van der Waals surface area contributed by atoms with Gasteiger partial charge in [-0.2, -0.15) is 0 Å². The van der Waals surface area contributed by atoms with Crippen molar-refractivity contribution in [3.05, 3.63) is 50.0 Å². The number of carbonyl (C=O) groups excluding carboxylic acids is 2. The zero-order chi connectivity index (χ0) is 22.0. The predicted molar refractivity (Wildman–Crippen MR) is 120 cm³/mol. The summed E-state index contributed by atoms with van der Waals surface area (Å²) in [5.74, 6) is 0.367. The quantitative estimate of drug-likeness (QED) is 0.624. The van der Waals surface area contributed by atoms with Crippen molar-refractivity contribution in [1.29, 1.82) is 0 Å². The molecule has 0 radical (unpaired) electrons. The largest absolute Gasteiger partial charge is 0.480 e. The molecule has 10 heteroatoms. The van der Waals surface area contributed by atoms with Gasteiger partial charge < -0.3 is 15.0 Å². The second-order valence-electron chi connectivity index (χ2n) is 7.30. The molecule has 0 aliphatic carbocycles. The molecule has 1 aliphatic rings. The lowest BCUT2D eigenvalue weighted by atomic mass is 9.97. The summed E-state index contributed by atoms with van der Waals surface area (Å²) >= 11 is 2.94. The number of methoxy groups -OCH3 is 1. The minimum absolute atomic E-state index is 0.0613. The summed E-state index contributed by atoms with van der Waals surface area (Å²) in [6.45, 7) is 5.15. The lowest BCUT2D eigenvalue weighted by molar-refractivity contribution is 0.0717. The van der Waals surface area contributed by atoms with Crippen LogP contribution in [0.4, 0.5) is 5.69 Å². The van der Waals surface area contributed by atoms with Crippen molar-refractivity contribution in [3.8, 4) is 5.88 Å². The van der Waals surface area contributed by atoms with Crippen molar-refractivity contribution in [2.45, 2.75) is 32.6 Å². The molecule has 0 saturated carbocycles. The van der Waals surface area contributed by atoms with Crippen LogP contribution in [0.15, 0.2) is 23.7 Å². The van der Waals surface area contributed by atoms with Gasteiger partial charge in [-0.15, -0.1) is 22.7 Å². The Morgan fingerprint density at radius 1 is 1.23 bits per heavy atom. The molecular weight excluding hydrogens is 434 g/mol. The highest BCUT2D eigenvalue weighted by Gasteiger charge is 2.28. The van der Waals surface area contributed by atoms with Gasteiger partial charge in [0.15, 0.2) is 0 Å². The number of hydrogen-bond donors (Lipinski definition) is 1. The number of pyridine rings is 1. The SMILES string of the molecule is COc1ncccc1NC(=O)c1csc(C2CCN(C(=O)c3sc(C)nc3C)CC2)n1. The molecule has 0 spiro atoms. The molecule has 0 aromatic carbocycles. The summed E-state index contributed by atoms with van der Waals surface area (Å²) in [7, 11) is 1.51. The molecule has 1 fully saturated rings. The summed E-state index contributed by atoms with van der Waals surface area (Å²) < 4.78 is 5.17. The van der Waals surface area contributed by atoms with Crippen LogP contribution in [-0.4, -0.2) is 51.9 Å². The van der Waals surface area contributed by atoms with Crippen LogP contribution in [-0.2, 0) is 0 Å². The van der Waals surface area contributed by atoms with Crippen molar-refractivity contribution >= 4 is 40.2 Å². The lowest BCUT2D eigenvalue weighted by Crippen LogP contribution is -2.37. The average Bonchev–Trinajstić information content (AvgIpc) is 3.40. The first-order valence-corrected chi connectivity index (χ1v) is 11.6. The highest BCUT2D eigenvalue weighted by atomic mass is 32.1. The van der Waals surface area contributed by atoms with Gasteiger partial charge in [0.2, 0.25) is 5.88 Å². The van der Waals surface area contributed by atoms with E-state index in [1.807, 2.05) is 18.7 Å². The van der Waals surface area contributed by atoms with Crippen molar-refractivity contribution < 1.29 is 14.3 Å². The Hall–Kier alpha value is -2.85. The third kappa shape index (κ3) is 4.59. The molecule has 2 amide bonds. The van der Waals surface area contributed by atoms with E-state index >= 15 is 0 Å². The molecule has 3 aromatic heterocycles. The number of carbonyl (C=O) groups is 2. The number of anilines is 1. The van der Waals surface area contributed by atoms with Crippen LogP contribution >= 0.6 is 22.7 Å². The predicted octanol–water partition coefficient (Wildman–Crippen LogP) is 3.89. The van der Waals surface area contributed by atoms with E-state index in [4.69, 9.17) is 4.74 Å². The van der Waals surface area contributed by atoms with E-state index in [9.17, 15) is 9.59 Å². The van der Waals surface area contributed by atoms with Gasteiger partial charge in [0, 0.05) is 30.6 Å². The van der Waals surface area contributed by atoms with Crippen LogP contribution in [0.3, 0.4) is 0 Å². The Balaban J connectivity index is 1.37. The van der Waals surface area contributed by atoms with Gasteiger partial charge in [-0.1, -0.05) is 0 Å². The van der Waals surface area contributed by atoms with Crippen LogP contribution in [0, 0.1) is 13.8 Å². The molecule has 4 heterocycles. The maximum Gasteiger partial charge on any atom is 0.275 e. The van der Waals surface area contributed by atoms with E-state index in [0.29, 0.717) is 30.4 Å². The fourth-order valence-electron chi connectivity index (χ4n) is 3.62. The van der Waals surface area contributed by atoms with Gasteiger partial charge in [-0.3, -0.25) is 9.59 Å². The molecule has 1 N–H and O–H groups in total. The maximum absolute atomic E-state index is 12.8. The molecule has 4 rings (SSSR count). The topological polar surface area (TPSA) is 97.3 Å². The van der Waals surface area contributed by atoms with Crippen LogP contribution in [0.1, 0.15) is 54.6 Å². The molecule has 8 nitrogen and oxygen atoms in total. The number of amides is 2. The van der Waals surface area contributed by atoms with Gasteiger partial charge in [-0.05, 0) is 38.8 Å². The van der Waals surface area contributed by atoms with E-state index in [0.717, 1.165) is 33.4 Å². The molecule has 0 unspecified atom stereocenters. The molecule has 0 atom stereocenters. The van der Waals surface area contributed by atoms with E-state index in [1.165, 1.54) is 29.8 Å². The van der Waals surface area contributed by atoms with Crippen molar-refractivity contribution in [2.24, 2.45) is 0 Å². The third-order valence-electron chi connectivity index (χ3n) is 5.20. The number of thiazole rings is 2. The fourth-order valence-corrected chi connectivity index (χ4v) is 5.48. The number of rotatable bonds is 5. The van der Waals surface area contributed by atoms with Crippen molar-refractivity contribution in [2.75, 3.05) is 25.5 Å². The highest BCUT2D eigenvalue weighted by molar-refractivity contribution is 7.13. The molecule has 3 aromatic rings. The Kier molecular flexibility index (Phi) is 6.28.